The Bertz CT molecular complexity index is 919. The molecule has 0 aliphatic rings. The van der Waals surface area contributed by atoms with Crippen molar-refractivity contribution in [2.45, 2.75) is 63.1 Å². The van der Waals surface area contributed by atoms with Gasteiger partial charge in [-0.2, -0.15) is 0 Å². The summed E-state index contributed by atoms with van der Waals surface area (Å²) < 4.78 is 0. The number of carbonyl (C=O) groups excluding carboxylic acids is 3. The predicted molar refractivity (Wildman–Crippen MR) is 119 cm³/mol. The van der Waals surface area contributed by atoms with Crippen LogP contribution >= 0.6 is 0 Å². The van der Waals surface area contributed by atoms with E-state index >= 15 is 0 Å². The van der Waals surface area contributed by atoms with Crippen LogP contribution in [-0.2, 0) is 30.4 Å². The van der Waals surface area contributed by atoms with E-state index in [0.29, 0.717) is 5.56 Å². The van der Waals surface area contributed by atoms with Gasteiger partial charge in [-0.15, -0.1) is 0 Å². The highest BCUT2D eigenvalue weighted by atomic mass is 16.4. The molecule has 14 heteroatoms. The Labute approximate surface area is 200 Å². The molecular weight excluding hydrogens is 468 g/mol. The van der Waals surface area contributed by atoms with Crippen molar-refractivity contribution >= 4 is 29.7 Å². The number of hydrogen-bond donors (Lipinski definition) is 9. The van der Waals surface area contributed by atoms with E-state index in [9.17, 15) is 44.4 Å². The lowest BCUT2D eigenvalue weighted by atomic mass is 10.0. The molecule has 0 aliphatic carbocycles. The molecule has 0 saturated heterocycles. The van der Waals surface area contributed by atoms with Gasteiger partial charge in [0.2, 0.25) is 17.7 Å². The van der Waals surface area contributed by atoms with E-state index in [1.807, 2.05) is 0 Å². The molecule has 0 saturated carbocycles. The molecule has 0 radical (unpaired) electrons. The molecule has 1 aromatic rings. The molecule has 0 aromatic heterocycles. The third-order valence-electron chi connectivity index (χ3n) is 4.85. The van der Waals surface area contributed by atoms with E-state index in [0.717, 1.165) is 13.8 Å². The van der Waals surface area contributed by atoms with Crippen LogP contribution in [0.15, 0.2) is 24.3 Å². The maximum Gasteiger partial charge on any atom is 0.328 e. The highest BCUT2D eigenvalue weighted by molar-refractivity contribution is 5.95. The molecule has 0 aliphatic heterocycles. The Balaban J connectivity index is 3.13. The highest BCUT2D eigenvalue weighted by Crippen LogP contribution is 2.12. The van der Waals surface area contributed by atoms with E-state index in [4.69, 9.17) is 10.8 Å². The van der Waals surface area contributed by atoms with E-state index in [-0.39, 0.29) is 12.2 Å². The molecule has 1 aromatic carbocycles. The Morgan fingerprint density at radius 1 is 0.829 bits per heavy atom. The number of rotatable bonds is 13. The maximum absolute atomic E-state index is 12.8. The van der Waals surface area contributed by atoms with Crippen molar-refractivity contribution in [3.63, 3.8) is 0 Å². The molecular formula is C21H30N4O10. The number of aliphatic carboxylic acids is 2. The van der Waals surface area contributed by atoms with E-state index in [1.54, 1.807) is 0 Å². The summed E-state index contributed by atoms with van der Waals surface area (Å²) in [4.78, 5) is 59.9. The van der Waals surface area contributed by atoms with Crippen molar-refractivity contribution in [2.75, 3.05) is 0 Å². The third-order valence-corrected chi connectivity index (χ3v) is 4.85. The largest absolute Gasteiger partial charge is 0.508 e. The highest BCUT2D eigenvalue weighted by Gasteiger charge is 2.33. The number of aliphatic hydroxyl groups excluding tert-OH is 2. The number of hydrogen-bond acceptors (Lipinski definition) is 9. The monoisotopic (exact) mass is 498 g/mol. The lowest BCUT2D eigenvalue weighted by molar-refractivity contribution is -0.145. The summed E-state index contributed by atoms with van der Waals surface area (Å²) in [6, 6.07) is -0.727. The normalized spacial score (nSPS) is 16.0. The molecule has 0 heterocycles. The Kier molecular flexibility index (Phi) is 11.1. The number of carboxylic acids is 2. The van der Waals surface area contributed by atoms with Crippen LogP contribution in [0.5, 0.6) is 5.75 Å². The Morgan fingerprint density at radius 3 is 1.80 bits per heavy atom. The fourth-order valence-electron chi connectivity index (χ4n) is 2.93. The van der Waals surface area contributed by atoms with E-state index in [2.05, 4.69) is 16.0 Å². The van der Waals surface area contributed by atoms with Gasteiger partial charge in [0.05, 0.1) is 24.7 Å². The minimum atomic E-state index is -1.69. The standard InChI is InChI=1S/C21H30N4O10/c1-9(26)16(24-18(31)13(22)8-15(29)30)20(33)23-14(7-11-3-5-12(28)6-4-11)19(32)25-17(10(2)27)21(34)35/h3-6,9-10,13-14,16-17,26-28H,7-8,22H2,1-2H3,(H,23,33)(H,24,31)(H,25,32)(H,29,30)(H,34,35). The zero-order valence-electron chi connectivity index (χ0n) is 19.0. The molecule has 35 heavy (non-hydrogen) atoms. The van der Waals surface area contributed by atoms with Gasteiger partial charge < -0.3 is 47.2 Å². The molecule has 14 nitrogen and oxygen atoms in total. The summed E-state index contributed by atoms with van der Waals surface area (Å²) in [5.74, 6) is -6.01. The SMILES string of the molecule is CC(O)C(NC(=O)C(Cc1ccc(O)cc1)NC(=O)C(NC(=O)C(N)CC(=O)O)C(C)O)C(=O)O. The van der Waals surface area contributed by atoms with Crippen molar-refractivity contribution in [3.05, 3.63) is 29.8 Å². The summed E-state index contributed by atoms with van der Waals surface area (Å²) in [5, 5.41) is 53.6. The minimum absolute atomic E-state index is 0.0617. The summed E-state index contributed by atoms with van der Waals surface area (Å²) in [7, 11) is 0. The molecule has 0 fully saturated rings. The van der Waals surface area contributed by atoms with Gasteiger partial charge in [-0.25, -0.2) is 4.79 Å². The van der Waals surface area contributed by atoms with Crippen LogP contribution in [0, 0.1) is 0 Å². The van der Waals surface area contributed by atoms with Crippen molar-refractivity contribution in [1.29, 1.82) is 0 Å². The minimum Gasteiger partial charge on any atom is -0.508 e. The first-order valence-electron chi connectivity index (χ1n) is 10.5. The molecule has 194 valence electrons. The second kappa shape index (κ2) is 13.2. The molecule has 0 bridgehead atoms. The average molecular weight is 498 g/mol. The van der Waals surface area contributed by atoms with E-state index < -0.39 is 72.5 Å². The average Bonchev–Trinajstić information content (AvgIpc) is 2.75. The molecule has 3 amide bonds. The lowest BCUT2D eigenvalue weighted by Crippen LogP contribution is -2.61. The number of carboxylic acid groups (broad SMARTS) is 2. The number of aromatic hydroxyl groups is 1. The summed E-state index contributed by atoms with van der Waals surface area (Å²) in [6.07, 6.45) is -3.88. The van der Waals surface area contributed by atoms with Crippen LogP contribution in [0.4, 0.5) is 0 Å². The quantitative estimate of drug-likeness (QED) is 0.133. The first kappa shape index (κ1) is 29.3. The van der Waals surface area contributed by atoms with Crippen LogP contribution in [0.2, 0.25) is 0 Å². The second-order valence-electron chi connectivity index (χ2n) is 7.93. The van der Waals surface area contributed by atoms with Gasteiger partial charge in [0.25, 0.3) is 0 Å². The van der Waals surface area contributed by atoms with Gasteiger partial charge in [0.1, 0.15) is 17.8 Å². The van der Waals surface area contributed by atoms with Crippen molar-refractivity contribution < 1.29 is 49.5 Å². The summed E-state index contributed by atoms with van der Waals surface area (Å²) in [6.45, 7) is 2.31. The predicted octanol–water partition coefficient (Wildman–Crippen LogP) is -2.96. The summed E-state index contributed by atoms with van der Waals surface area (Å²) in [5.41, 5.74) is 5.92. The smallest absolute Gasteiger partial charge is 0.328 e. The van der Waals surface area contributed by atoms with Crippen LogP contribution in [-0.4, -0.2) is 91.6 Å². The van der Waals surface area contributed by atoms with E-state index in [1.165, 1.54) is 24.3 Å². The second-order valence-corrected chi connectivity index (χ2v) is 7.93. The molecule has 1 rings (SSSR count). The van der Waals surface area contributed by atoms with Gasteiger partial charge in [-0.3, -0.25) is 19.2 Å². The number of benzene rings is 1. The van der Waals surface area contributed by atoms with Crippen LogP contribution in [0.3, 0.4) is 0 Å². The Morgan fingerprint density at radius 2 is 1.34 bits per heavy atom. The third kappa shape index (κ3) is 9.56. The fraction of sp³-hybridized carbons (Fsp3) is 0.476. The van der Waals surface area contributed by atoms with Gasteiger partial charge in [0.15, 0.2) is 6.04 Å². The lowest BCUT2D eigenvalue weighted by Gasteiger charge is -2.27. The first-order valence-corrected chi connectivity index (χ1v) is 10.5. The molecule has 0 spiro atoms. The Hall–Kier alpha value is -3.75. The number of phenolic OH excluding ortho intramolecular Hbond substituents is 1. The first-order chi connectivity index (χ1) is 16.2. The van der Waals surface area contributed by atoms with Crippen molar-refractivity contribution in [1.82, 2.24) is 16.0 Å². The van der Waals surface area contributed by atoms with Crippen molar-refractivity contribution in [3.8, 4) is 5.75 Å². The van der Waals surface area contributed by atoms with Crippen LogP contribution < -0.4 is 21.7 Å². The number of phenols is 1. The zero-order valence-corrected chi connectivity index (χ0v) is 19.0. The van der Waals surface area contributed by atoms with Gasteiger partial charge in [0, 0.05) is 6.42 Å². The fourth-order valence-corrected chi connectivity index (χ4v) is 2.93. The topological polar surface area (TPSA) is 249 Å². The van der Waals surface area contributed by atoms with Crippen LogP contribution in [0.1, 0.15) is 25.8 Å². The number of carbonyl (C=O) groups is 5. The number of aliphatic hydroxyl groups is 2. The van der Waals surface area contributed by atoms with Gasteiger partial charge in [-0.05, 0) is 31.5 Å². The molecule has 6 unspecified atom stereocenters. The van der Waals surface area contributed by atoms with Crippen molar-refractivity contribution in [2.24, 2.45) is 5.73 Å². The van der Waals surface area contributed by atoms with Gasteiger partial charge in [-0.1, -0.05) is 12.1 Å². The zero-order chi connectivity index (χ0) is 26.9. The summed E-state index contributed by atoms with van der Waals surface area (Å²) >= 11 is 0. The molecule has 10 N–H and O–H groups in total. The number of nitrogens with two attached hydrogens (primary N) is 1. The number of amides is 3. The van der Waals surface area contributed by atoms with Gasteiger partial charge >= 0.3 is 11.9 Å². The molecule has 6 atom stereocenters. The van der Waals surface area contributed by atoms with Crippen LogP contribution in [0.25, 0.3) is 0 Å². The maximum atomic E-state index is 12.8. The number of nitrogens with one attached hydrogen (secondary N) is 3.